The molecule has 0 spiro atoms. The number of carbonyl (C=O) groups excluding carboxylic acids is 4. The molecule has 1 N–H and O–H groups in total. The van der Waals surface area contributed by atoms with E-state index in [1.54, 1.807) is 37.3 Å². The third-order valence-corrected chi connectivity index (χ3v) is 6.89. The summed E-state index contributed by atoms with van der Waals surface area (Å²) in [5, 5.41) is 3.48. The number of ether oxygens (including phenoxy) is 2. The minimum Gasteiger partial charge on any atom is -0.495 e. The van der Waals surface area contributed by atoms with Crippen LogP contribution in [0.3, 0.4) is 0 Å². The molecule has 1 aliphatic heterocycles. The predicted molar refractivity (Wildman–Crippen MR) is 152 cm³/mol. The molecule has 0 radical (unpaired) electrons. The van der Waals surface area contributed by atoms with Gasteiger partial charge in [-0.3, -0.25) is 23.9 Å². The fourth-order valence-electron chi connectivity index (χ4n) is 4.94. The van der Waals surface area contributed by atoms with Crippen LogP contribution >= 0.6 is 0 Å². The first kappa shape index (κ1) is 27.6. The molecule has 10 heteroatoms. The summed E-state index contributed by atoms with van der Waals surface area (Å²) in [5.41, 5.74) is 2.42. The summed E-state index contributed by atoms with van der Waals surface area (Å²) in [4.78, 5) is 57.7. The largest absolute Gasteiger partial charge is 0.495 e. The van der Waals surface area contributed by atoms with Crippen molar-refractivity contribution in [3.05, 3.63) is 96.2 Å². The zero-order valence-electron chi connectivity index (χ0n) is 22.9. The zero-order chi connectivity index (χ0) is 29.1. The van der Waals surface area contributed by atoms with Gasteiger partial charge >= 0.3 is 6.03 Å². The molecule has 2 unspecified atom stereocenters. The number of methoxy groups -OCH3 is 1. The lowest BCUT2D eigenvalue weighted by molar-refractivity contribution is -0.144. The summed E-state index contributed by atoms with van der Waals surface area (Å²) in [7, 11) is 1.45. The summed E-state index contributed by atoms with van der Waals surface area (Å²) in [6.45, 7) is 3.72. The van der Waals surface area contributed by atoms with Crippen LogP contribution in [0.15, 0.2) is 85.1 Å². The number of fused-ring (bicyclic) bond motifs is 1. The third kappa shape index (κ3) is 5.29. The maximum Gasteiger partial charge on any atom is 0.330 e. The Balaban J connectivity index is 1.58. The van der Waals surface area contributed by atoms with Gasteiger partial charge in [0.2, 0.25) is 6.23 Å². The van der Waals surface area contributed by atoms with E-state index in [-0.39, 0.29) is 13.2 Å². The normalized spacial score (nSPS) is 15.8. The first-order valence-corrected chi connectivity index (χ1v) is 13.2. The predicted octanol–water partition coefficient (Wildman–Crippen LogP) is 4.43. The summed E-state index contributed by atoms with van der Waals surface area (Å²) in [6, 6.07) is 20.5. The van der Waals surface area contributed by atoms with Gasteiger partial charge in [-0.05, 0) is 49.2 Å². The molecule has 1 fully saturated rings. The number of imide groups is 1. The Morgan fingerprint density at radius 2 is 1.71 bits per heavy atom. The van der Waals surface area contributed by atoms with Gasteiger partial charge in [0.05, 0.1) is 24.9 Å². The third-order valence-electron chi connectivity index (χ3n) is 6.89. The molecule has 4 aromatic rings. The van der Waals surface area contributed by atoms with E-state index in [4.69, 9.17) is 9.47 Å². The molecule has 1 aromatic heterocycles. The Kier molecular flexibility index (Phi) is 7.84. The maximum atomic E-state index is 14.1. The molecule has 0 aliphatic carbocycles. The van der Waals surface area contributed by atoms with Crippen molar-refractivity contribution in [2.45, 2.75) is 32.7 Å². The van der Waals surface area contributed by atoms with Crippen molar-refractivity contribution in [1.82, 2.24) is 14.4 Å². The van der Waals surface area contributed by atoms with Gasteiger partial charge in [0, 0.05) is 18.2 Å². The van der Waals surface area contributed by atoms with E-state index in [1.807, 2.05) is 55.5 Å². The second kappa shape index (κ2) is 11.6. The van der Waals surface area contributed by atoms with Crippen LogP contribution in [-0.4, -0.2) is 64.1 Å². The molecule has 2 atom stereocenters. The molecular weight excluding hydrogens is 524 g/mol. The van der Waals surface area contributed by atoms with E-state index in [0.717, 1.165) is 16.5 Å². The van der Waals surface area contributed by atoms with Crippen molar-refractivity contribution in [3.63, 3.8) is 0 Å². The Morgan fingerprint density at radius 1 is 0.976 bits per heavy atom. The lowest BCUT2D eigenvalue weighted by Crippen LogP contribution is -2.54. The maximum absolute atomic E-state index is 14.1. The van der Waals surface area contributed by atoms with Gasteiger partial charge in [-0.1, -0.05) is 54.6 Å². The molecule has 3 aromatic carbocycles. The highest BCUT2D eigenvalue weighted by Gasteiger charge is 2.53. The lowest BCUT2D eigenvalue weighted by Gasteiger charge is -2.25. The Labute approximate surface area is 237 Å². The molecule has 0 saturated carbocycles. The van der Waals surface area contributed by atoms with E-state index >= 15 is 0 Å². The zero-order valence-corrected chi connectivity index (χ0v) is 22.9. The van der Waals surface area contributed by atoms with Gasteiger partial charge < -0.3 is 14.8 Å². The van der Waals surface area contributed by atoms with Crippen LogP contribution in [0, 0.1) is 6.92 Å². The number of rotatable bonds is 9. The molecule has 1 aliphatic rings. The number of anilines is 1. The first-order valence-electron chi connectivity index (χ1n) is 13.2. The monoisotopic (exact) mass is 554 g/mol. The fraction of sp³-hybridized carbons (Fsp3) is 0.226. The number of hydrogen-bond donors (Lipinski definition) is 1. The molecule has 4 amide bonds. The summed E-state index contributed by atoms with van der Waals surface area (Å²) < 4.78 is 12.4. The number of hydrogen-bond acceptors (Lipinski definition) is 6. The van der Waals surface area contributed by atoms with Crippen LogP contribution in [0.2, 0.25) is 0 Å². The van der Waals surface area contributed by atoms with Gasteiger partial charge in [-0.25, -0.2) is 9.69 Å². The number of nitrogens with zero attached hydrogens (tertiary/aromatic N) is 3. The molecular formula is C31H30N4O6. The van der Waals surface area contributed by atoms with Crippen molar-refractivity contribution in [2.24, 2.45) is 0 Å². The van der Waals surface area contributed by atoms with Crippen LogP contribution in [0.25, 0.3) is 10.9 Å². The Hall–Kier alpha value is -4.96. The Bertz CT molecular complexity index is 1620. The number of aryl methyl sites for hydroxylation is 1. The minimum atomic E-state index is -1.83. The topological polar surface area (TPSA) is 110 Å². The fourth-order valence-corrected chi connectivity index (χ4v) is 4.94. The van der Waals surface area contributed by atoms with Gasteiger partial charge in [0.25, 0.3) is 17.7 Å². The second-order valence-electron chi connectivity index (χ2n) is 9.59. The number of aromatic nitrogens is 1. The second-order valence-corrected chi connectivity index (χ2v) is 9.59. The molecule has 0 bridgehead atoms. The van der Waals surface area contributed by atoms with Gasteiger partial charge in [0.15, 0.2) is 6.04 Å². The van der Waals surface area contributed by atoms with Crippen LogP contribution in [0.4, 0.5) is 10.5 Å². The number of amides is 4. The lowest BCUT2D eigenvalue weighted by atomic mass is 10.1. The van der Waals surface area contributed by atoms with E-state index < -0.39 is 36.0 Å². The highest BCUT2D eigenvalue weighted by Crippen LogP contribution is 2.29. The minimum absolute atomic E-state index is 0.0489. The van der Waals surface area contributed by atoms with E-state index in [1.165, 1.54) is 22.8 Å². The van der Waals surface area contributed by atoms with Gasteiger partial charge in [0.1, 0.15) is 5.75 Å². The molecule has 1 saturated heterocycles. The summed E-state index contributed by atoms with van der Waals surface area (Å²) >= 11 is 0. The molecule has 10 nitrogen and oxygen atoms in total. The SMILES string of the molecule is CCOC1C(=O)N(C(C(=O)Nc2cc(C)ccc2OC)C(=O)n2ccc3ccccc32)C(=O)N1Cc1ccccc1. The van der Waals surface area contributed by atoms with Crippen molar-refractivity contribution >= 4 is 40.3 Å². The van der Waals surface area contributed by atoms with E-state index in [2.05, 4.69) is 5.32 Å². The van der Waals surface area contributed by atoms with Crippen molar-refractivity contribution < 1.29 is 28.7 Å². The van der Waals surface area contributed by atoms with Crippen molar-refractivity contribution in [2.75, 3.05) is 19.0 Å². The van der Waals surface area contributed by atoms with Crippen LogP contribution in [-0.2, 0) is 20.9 Å². The summed E-state index contributed by atoms with van der Waals surface area (Å²) in [5.74, 6) is -2.07. The Morgan fingerprint density at radius 3 is 2.44 bits per heavy atom. The van der Waals surface area contributed by atoms with E-state index in [0.29, 0.717) is 21.9 Å². The molecule has 2 heterocycles. The molecule has 5 rings (SSSR count). The molecule has 210 valence electrons. The summed E-state index contributed by atoms with van der Waals surface area (Å²) in [6.07, 6.45) is 0.221. The van der Waals surface area contributed by atoms with Crippen molar-refractivity contribution in [3.8, 4) is 5.75 Å². The van der Waals surface area contributed by atoms with Gasteiger partial charge in [-0.15, -0.1) is 0 Å². The number of nitrogens with one attached hydrogen (secondary N) is 1. The quantitative estimate of drug-likeness (QED) is 0.242. The number of para-hydroxylation sites is 1. The smallest absolute Gasteiger partial charge is 0.330 e. The number of urea groups is 1. The van der Waals surface area contributed by atoms with Crippen molar-refractivity contribution in [1.29, 1.82) is 0 Å². The van der Waals surface area contributed by atoms with Crippen LogP contribution in [0.1, 0.15) is 22.8 Å². The standard InChI is InChI=1S/C31H30N4O6/c1-4-41-30-29(38)35(31(39)34(30)19-21-10-6-5-7-11-21)26(27(36)32-23-18-20(2)14-15-25(23)40-3)28(37)33-17-16-22-12-8-9-13-24(22)33/h5-18,26,30H,4,19H2,1-3H3,(H,32,36). The van der Waals surface area contributed by atoms with E-state index in [9.17, 15) is 19.2 Å². The highest BCUT2D eigenvalue weighted by atomic mass is 16.5. The first-order chi connectivity index (χ1) is 19.8. The van der Waals surface area contributed by atoms with Crippen LogP contribution in [0.5, 0.6) is 5.75 Å². The highest BCUT2D eigenvalue weighted by molar-refractivity contribution is 6.19. The molecule has 41 heavy (non-hydrogen) atoms. The number of carbonyl (C=O) groups is 4. The van der Waals surface area contributed by atoms with Gasteiger partial charge in [-0.2, -0.15) is 0 Å². The average Bonchev–Trinajstić information content (AvgIpc) is 3.50. The average molecular weight is 555 g/mol. The number of benzene rings is 3. The van der Waals surface area contributed by atoms with Crippen LogP contribution < -0.4 is 10.1 Å².